The quantitative estimate of drug-likeness (QED) is 0.216. The molecule has 226 valence electrons. The van der Waals surface area contributed by atoms with Crippen LogP contribution >= 0.6 is 0 Å². The Balaban J connectivity index is 0.000000241. The molecule has 2 unspecified atom stereocenters. The maximum atomic E-state index is 11.6. The minimum Gasteiger partial charge on any atom is -0.387 e. The zero-order valence-corrected chi connectivity index (χ0v) is 25.4. The Morgan fingerprint density at radius 1 is 1.10 bits per heavy atom. The van der Waals surface area contributed by atoms with Crippen LogP contribution in [0.25, 0.3) is 5.70 Å². The lowest BCUT2D eigenvalue weighted by molar-refractivity contribution is -0.134. The van der Waals surface area contributed by atoms with E-state index in [1.807, 2.05) is 66.2 Å². The molecular weight excluding hydrogens is 526 g/mol. The van der Waals surface area contributed by atoms with Gasteiger partial charge in [-0.3, -0.25) is 9.59 Å². The molecule has 2 N–H and O–H groups in total. The van der Waals surface area contributed by atoms with Crippen LogP contribution in [0.2, 0.25) is 0 Å². The first-order valence-corrected chi connectivity index (χ1v) is 15.1. The van der Waals surface area contributed by atoms with Crippen LogP contribution in [0.15, 0.2) is 65.7 Å². The van der Waals surface area contributed by atoms with Crippen molar-refractivity contribution in [3.63, 3.8) is 0 Å². The number of aldehydes is 1. The van der Waals surface area contributed by atoms with Crippen molar-refractivity contribution in [3.8, 4) is 0 Å². The summed E-state index contributed by atoms with van der Waals surface area (Å²) in [6.45, 7) is 7.01. The number of aryl methyl sites for hydroxylation is 1. The van der Waals surface area contributed by atoms with Crippen molar-refractivity contribution < 1.29 is 14.7 Å². The zero-order valence-electron chi connectivity index (χ0n) is 25.4. The molecule has 1 spiro atoms. The molecule has 2 aliphatic heterocycles. The minimum absolute atomic E-state index is 0.0138. The van der Waals surface area contributed by atoms with Gasteiger partial charge in [0.25, 0.3) is 0 Å². The molecule has 1 aliphatic carbocycles. The lowest BCUT2D eigenvalue weighted by Gasteiger charge is -2.52. The van der Waals surface area contributed by atoms with Gasteiger partial charge in [0.1, 0.15) is 6.29 Å². The molecular formula is C34H47N5O3. The third-order valence-corrected chi connectivity index (χ3v) is 9.08. The van der Waals surface area contributed by atoms with Gasteiger partial charge in [0, 0.05) is 63.4 Å². The first-order chi connectivity index (χ1) is 20.3. The number of hydrogen-bond acceptors (Lipinski definition) is 6. The number of nitrogens with one attached hydrogen (secondary N) is 1. The van der Waals surface area contributed by atoms with Crippen LogP contribution in [0.5, 0.6) is 0 Å². The summed E-state index contributed by atoms with van der Waals surface area (Å²) in [4.78, 5) is 32.7. The van der Waals surface area contributed by atoms with Crippen LogP contribution in [-0.4, -0.2) is 97.8 Å². The van der Waals surface area contributed by atoms with Crippen LogP contribution in [0.1, 0.15) is 54.8 Å². The van der Waals surface area contributed by atoms with Crippen LogP contribution in [0, 0.1) is 12.3 Å². The molecule has 2 atom stereocenters. The largest absolute Gasteiger partial charge is 0.387 e. The Hall–Kier alpha value is -3.33. The first-order valence-electron chi connectivity index (χ1n) is 15.1. The number of aliphatic hydroxyl groups is 1. The Morgan fingerprint density at radius 2 is 1.86 bits per heavy atom. The Kier molecular flexibility index (Phi) is 11.1. The average molecular weight is 574 g/mol. The summed E-state index contributed by atoms with van der Waals surface area (Å²) < 4.78 is 0. The lowest BCUT2D eigenvalue weighted by atomic mass is 9.66. The van der Waals surface area contributed by atoms with Crippen molar-refractivity contribution in [2.75, 3.05) is 53.4 Å². The summed E-state index contributed by atoms with van der Waals surface area (Å²) >= 11 is 0. The Labute approximate surface area is 251 Å². The molecule has 2 saturated heterocycles. The number of rotatable bonds is 8. The van der Waals surface area contributed by atoms with Gasteiger partial charge in [0.05, 0.1) is 23.7 Å². The fraction of sp³-hybridized carbons (Fsp3) is 0.500. The summed E-state index contributed by atoms with van der Waals surface area (Å²) in [5, 5.41) is 14.9. The molecule has 8 nitrogen and oxygen atoms in total. The number of piperazine rings is 1. The topological polar surface area (TPSA) is 88.5 Å². The van der Waals surface area contributed by atoms with Crippen LogP contribution in [-0.2, 0) is 9.59 Å². The summed E-state index contributed by atoms with van der Waals surface area (Å²) in [6, 6.07) is 18.3. The van der Waals surface area contributed by atoms with Gasteiger partial charge in [-0.1, -0.05) is 66.9 Å². The SMILES string of the molecule is Cc1cccc(/C(=C/C=O)N=CN(C)CC2(O)CCN(C)CC23CCCC3)c1.O=CN1CCNCC1c1ccccc1. The summed E-state index contributed by atoms with van der Waals surface area (Å²) in [7, 11) is 4.11. The number of piperidine rings is 1. The second kappa shape index (κ2) is 14.7. The van der Waals surface area contributed by atoms with E-state index < -0.39 is 5.60 Å². The van der Waals surface area contributed by atoms with E-state index in [4.69, 9.17) is 0 Å². The predicted molar refractivity (Wildman–Crippen MR) is 169 cm³/mol. The van der Waals surface area contributed by atoms with Gasteiger partial charge < -0.3 is 25.1 Å². The Morgan fingerprint density at radius 3 is 2.55 bits per heavy atom. The number of hydrogen-bond donors (Lipinski definition) is 2. The molecule has 5 rings (SSSR count). The first kappa shape index (κ1) is 31.6. The van der Waals surface area contributed by atoms with Gasteiger partial charge in [-0.15, -0.1) is 0 Å². The number of allylic oxidation sites excluding steroid dienone is 1. The molecule has 3 aliphatic rings. The second-order valence-electron chi connectivity index (χ2n) is 12.2. The molecule has 0 bridgehead atoms. The highest BCUT2D eigenvalue weighted by atomic mass is 16.3. The smallest absolute Gasteiger partial charge is 0.210 e. The van der Waals surface area contributed by atoms with Gasteiger partial charge in [-0.05, 0) is 44.9 Å². The van der Waals surface area contributed by atoms with E-state index in [9.17, 15) is 14.7 Å². The molecule has 1 saturated carbocycles. The van der Waals surface area contributed by atoms with Crippen LogP contribution < -0.4 is 5.32 Å². The predicted octanol–water partition coefficient (Wildman–Crippen LogP) is 3.91. The summed E-state index contributed by atoms with van der Waals surface area (Å²) in [5.74, 6) is 0. The maximum absolute atomic E-state index is 11.6. The molecule has 2 aromatic carbocycles. The lowest BCUT2D eigenvalue weighted by Crippen LogP contribution is -2.62. The number of carbonyl (C=O) groups is 2. The van der Waals surface area contributed by atoms with Gasteiger partial charge in [-0.2, -0.15) is 0 Å². The third-order valence-electron chi connectivity index (χ3n) is 9.08. The van der Waals surface area contributed by atoms with Crippen molar-refractivity contribution in [2.24, 2.45) is 10.4 Å². The van der Waals surface area contributed by atoms with Gasteiger partial charge in [0.15, 0.2) is 0 Å². The number of nitrogens with zero attached hydrogens (tertiary/aromatic N) is 4. The minimum atomic E-state index is -0.700. The van der Waals surface area contributed by atoms with Crippen molar-refractivity contribution >= 4 is 24.7 Å². The van der Waals surface area contributed by atoms with Crippen LogP contribution in [0.3, 0.4) is 0 Å². The van der Waals surface area contributed by atoms with E-state index in [1.54, 1.807) is 6.34 Å². The maximum Gasteiger partial charge on any atom is 0.210 e. The monoisotopic (exact) mass is 573 g/mol. The highest BCUT2D eigenvalue weighted by molar-refractivity contribution is 5.84. The van der Waals surface area contributed by atoms with E-state index in [-0.39, 0.29) is 11.5 Å². The van der Waals surface area contributed by atoms with Crippen molar-refractivity contribution in [3.05, 3.63) is 77.4 Å². The Bertz CT molecular complexity index is 1230. The van der Waals surface area contributed by atoms with E-state index in [1.165, 1.54) is 24.5 Å². The standard InChI is InChI=1S/C23H33N3O2.C11H14N2O/c1-19-7-6-8-20(15-19)21(9-14-27)24-18-26(3)17-23(28)12-13-25(2)16-22(23)10-4-5-11-22;14-9-13-7-6-12-8-11(13)10-4-2-1-3-5-10/h6-9,14-15,18,28H,4-5,10-13,16-17H2,1-3H3;1-5,9,11-12H,6-8H2/b21-9-,24-18?;. The summed E-state index contributed by atoms with van der Waals surface area (Å²) in [5.41, 5.74) is 3.17. The number of likely N-dealkylation sites (N-methyl/N-ethyl adjacent to an activating group) is 1. The molecule has 2 aromatic rings. The van der Waals surface area contributed by atoms with E-state index >= 15 is 0 Å². The molecule has 3 fully saturated rings. The molecule has 0 radical (unpaired) electrons. The number of benzene rings is 2. The van der Waals surface area contributed by atoms with Crippen molar-refractivity contribution in [2.45, 2.75) is 50.7 Å². The van der Waals surface area contributed by atoms with E-state index in [2.05, 4.69) is 34.4 Å². The molecule has 8 heteroatoms. The molecule has 1 amide bonds. The van der Waals surface area contributed by atoms with Gasteiger partial charge in [0.2, 0.25) is 6.41 Å². The van der Waals surface area contributed by atoms with Crippen molar-refractivity contribution in [1.82, 2.24) is 20.0 Å². The normalized spacial score (nSPS) is 24.3. The summed E-state index contributed by atoms with van der Waals surface area (Å²) in [6.07, 6.45) is 10.3. The number of amides is 1. The second-order valence-corrected chi connectivity index (χ2v) is 12.2. The average Bonchev–Trinajstić information content (AvgIpc) is 3.48. The molecule has 0 aromatic heterocycles. The van der Waals surface area contributed by atoms with E-state index in [0.29, 0.717) is 12.2 Å². The third kappa shape index (κ3) is 7.73. The number of carbonyl (C=O) groups excluding carboxylic acids is 2. The molecule has 42 heavy (non-hydrogen) atoms. The highest BCUT2D eigenvalue weighted by Crippen LogP contribution is 2.50. The number of likely N-dealkylation sites (tertiary alicyclic amines) is 1. The van der Waals surface area contributed by atoms with Gasteiger partial charge >= 0.3 is 0 Å². The molecule has 2 heterocycles. The zero-order chi connectivity index (χ0) is 30.0. The van der Waals surface area contributed by atoms with Crippen molar-refractivity contribution in [1.29, 1.82) is 0 Å². The van der Waals surface area contributed by atoms with Crippen LogP contribution in [0.4, 0.5) is 0 Å². The highest BCUT2D eigenvalue weighted by Gasteiger charge is 2.54. The fourth-order valence-electron chi connectivity index (χ4n) is 6.83. The van der Waals surface area contributed by atoms with Gasteiger partial charge in [-0.25, -0.2) is 4.99 Å². The van der Waals surface area contributed by atoms with E-state index in [0.717, 1.165) is 75.8 Å². The number of aliphatic imine (C=N–C) groups is 1. The fourth-order valence-corrected chi connectivity index (χ4v) is 6.83.